The van der Waals surface area contributed by atoms with Gasteiger partial charge < -0.3 is 5.73 Å². The van der Waals surface area contributed by atoms with Crippen molar-refractivity contribution >= 4 is 10.9 Å². The minimum absolute atomic E-state index is 0.156. The fourth-order valence-corrected chi connectivity index (χ4v) is 2.06. The zero-order valence-corrected chi connectivity index (χ0v) is 9.49. The summed E-state index contributed by atoms with van der Waals surface area (Å²) in [4.78, 5) is 0. The van der Waals surface area contributed by atoms with Gasteiger partial charge in [0, 0.05) is 24.9 Å². The van der Waals surface area contributed by atoms with Crippen LogP contribution in [0.1, 0.15) is 18.2 Å². The van der Waals surface area contributed by atoms with Gasteiger partial charge in [-0.25, -0.2) is 0 Å². The number of nitrogens with two attached hydrogens (primary N) is 1. The third-order valence-corrected chi connectivity index (χ3v) is 2.66. The van der Waals surface area contributed by atoms with Crippen LogP contribution >= 0.6 is 0 Å². The van der Waals surface area contributed by atoms with Gasteiger partial charge in [0.05, 0.1) is 11.2 Å². The molecule has 0 saturated heterocycles. The van der Waals surface area contributed by atoms with Crippen LogP contribution < -0.4 is 5.73 Å². The molecular formula is C12H17N3. The van der Waals surface area contributed by atoms with E-state index in [0.29, 0.717) is 0 Å². The molecule has 1 aromatic heterocycles. The summed E-state index contributed by atoms with van der Waals surface area (Å²) in [5.74, 6) is 0. The lowest BCUT2D eigenvalue weighted by atomic mass is 10.1. The van der Waals surface area contributed by atoms with Gasteiger partial charge in [-0.2, -0.15) is 5.10 Å². The molecule has 2 rings (SSSR count). The first-order valence-corrected chi connectivity index (χ1v) is 5.26. The van der Waals surface area contributed by atoms with Gasteiger partial charge in [0.15, 0.2) is 0 Å². The first-order valence-electron chi connectivity index (χ1n) is 5.26. The number of rotatable bonds is 2. The van der Waals surface area contributed by atoms with Crippen molar-refractivity contribution in [3.8, 4) is 0 Å². The number of para-hydroxylation sites is 1. The second kappa shape index (κ2) is 3.66. The molecule has 0 aliphatic carbocycles. The van der Waals surface area contributed by atoms with Gasteiger partial charge in [-0.1, -0.05) is 18.2 Å². The number of fused-ring (bicyclic) bond motifs is 1. The standard InChI is InChI=1S/C12H17N3/c1-8-5-4-6-10-11(7-9(2)13)14-15(3)12(8)10/h4-6,9H,7,13H2,1-3H3. The Kier molecular flexibility index (Phi) is 2.49. The largest absolute Gasteiger partial charge is 0.328 e. The Bertz CT molecular complexity index is 483. The summed E-state index contributed by atoms with van der Waals surface area (Å²) in [5, 5.41) is 5.76. The van der Waals surface area contributed by atoms with E-state index in [1.807, 2.05) is 18.7 Å². The molecule has 2 N–H and O–H groups in total. The molecule has 0 aliphatic heterocycles. The van der Waals surface area contributed by atoms with Crippen molar-refractivity contribution < 1.29 is 0 Å². The Morgan fingerprint density at radius 3 is 2.87 bits per heavy atom. The average molecular weight is 203 g/mol. The van der Waals surface area contributed by atoms with Gasteiger partial charge in [-0.05, 0) is 19.4 Å². The molecule has 1 heterocycles. The monoisotopic (exact) mass is 203 g/mol. The van der Waals surface area contributed by atoms with Crippen LogP contribution in [0.4, 0.5) is 0 Å². The normalized spacial score (nSPS) is 13.3. The lowest BCUT2D eigenvalue weighted by molar-refractivity contribution is 0.693. The van der Waals surface area contributed by atoms with E-state index < -0.39 is 0 Å². The minimum atomic E-state index is 0.156. The van der Waals surface area contributed by atoms with E-state index in [1.54, 1.807) is 0 Å². The molecule has 0 bridgehead atoms. The Labute approximate surface area is 89.9 Å². The molecule has 15 heavy (non-hydrogen) atoms. The van der Waals surface area contributed by atoms with Crippen LogP contribution in [0, 0.1) is 6.92 Å². The summed E-state index contributed by atoms with van der Waals surface area (Å²) in [6, 6.07) is 6.46. The van der Waals surface area contributed by atoms with E-state index in [4.69, 9.17) is 5.73 Å². The van der Waals surface area contributed by atoms with Gasteiger partial charge in [0.25, 0.3) is 0 Å². The summed E-state index contributed by atoms with van der Waals surface area (Å²) in [7, 11) is 1.99. The van der Waals surface area contributed by atoms with Gasteiger partial charge in [-0.15, -0.1) is 0 Å². The number of nitrogens with zero attached hydrogens (tertiary/aromatic N) is 2. The van der Waals surface area contributed by atoms with Gasteiger partial charge >= 0.3 is 0 Å². The van der Waals surface area contributed by atoms with E-state index in [-0.39, 0.29) is 6.04 Å². The summed E-state index contributed by atoms with van der Waals surface area (Å²) in [5.41, 5.74) is 9.39. The molecule has 2 aromatic rings. The third-order valence-electron chi connectivity index (χ3n) is 2.66. The highest BCUT2D eigenvalue weighted by Crippen LogP contribution is 2.21. The Hall–Kier alpha value is -1.35. The second-order valence-electron chi connectivity index (χ2n) is 4.22. The lowest BCUT2D eigenvalue weighted by Gasteiger charge is -2.01. The van der Waals surface area contributed by atoms with Crippen LogP contribution in [0.5, 0.6) is 0 Å². The van der Waals surface area contributed by atoms with Crippen molar-refractivity contribution in [3.63, 3.8) is 0 Å². The van der Waals surface area contributed by atoms with Crippen LogP contribution in [0.2, 0.25) is 0 Å². The first-order chi connectivity index (χ1) is 7.09. The number of aryl methyl sites for hydroxylation is 2. The molecule has 0 aliphatic rings. The van der Waals surface area contributed by atoms with Crippen molar-refractivity contribution in [2.75, 3.05) is 0 Å². The molecule has 1 aromatic carbocycles. The summed E-state index contributed by atoms with van der Waals surface area (Å²) in [6.07, 6.45) is 0.834. The molecule has 0 saturated carbocycles. The molecule has 3 heteroatoms. The fourth-order valence-electron chi connectivity index (χ4n) is 2.06. The summed E-state index contributed by atoms with van der Waals surface area (Å²) >= 11 is 0. The van der Waals surface area contributed by atoms with E-state index in [1.165, 1.54) is 16.5 Å². The quantitative estimate of drug-likeness (QED) is 0.808. The Balaban J connectivity index is 2.63. The summed E-state index contributed by atoms with van der Waals surface area (Å²) in [6.45, 7) is 4.12. The molecule has 80 valence electrons. The van der Waals surface area contributed by atoms with Crippen LogP contribution in [0.15, 0.2) is 18.2 Å². The van der Waals surface area contributed by atoms with Crippen LogP contribution in [-0.4, -0.2) is 15.8 Å². The van der Waals surface area contributed by atoms with E-state index in [2.05, 4.69) is 30.2 Å². The molecule has 1 atom stereocenters. The predicted octanol–water partition coefficient (Wildman–Crippen LogP) is 1.77. The third kappa shape index (κ3) is 1.75. The van der Waals surface area contributed by atoms with Crippen molar-refractivity contribution in [2.24, 2.45) is 12.8 Å². The molecule has 0 amide bonds. The van der Waals surface area contributed by atoms with Crippen molar-refractivity contribution in [3.05, 3.63) is 29.5 Å². The molecule has 3 nitrogen and oxygen atoms in total. The van der Waals surface area contributed by atoms with Crippen LogP contribution in [0.3, 0.4) is 0 Å². The van der Waals surface area contributed by atoms with Crippen LogP contribution in [0.25, 0.3) is 10.9 Å². The zero-order valence-electron chi connectivity index (χ0n) is 9.49. The van der Waals surface area contributed by atoms with E-state index in [9.17, 15) is 0 Å². The van der Waals surface area contributed by atoms with Crippen molar-refractivity contribution in [1.82, 2.24) is 9.78 Å². The maximum absolute atomic E-state index is 5.81. The zero-order chi connectivity index (χ0) is 11.0. The lowest BCUT2D eigenvalue weighted by Crippen LogP contribution is -2.18. The average Bonchev–Trinajstić information content (AvgIpc) is 2.44. The number of hydrogen-bond donors (Lipinski definition) is 1. The van der Waals surface area contributed by atoms with E-state index >= 15 is 0 Å². The maximum atomic E-state index is 5.81. The van der Waals surface area contributed by atoms with Crippen LogP contribution in [-0.2, 0) is 13.5 Å². The summed E-state index contributed by atoms with van der Waals surface area (Å²) < 4.78 is 1.95. The van der Waals surface area contributed by atoms with Crippen molar-refractivity contribution in [1.29, 1.82) is 0 Å². The van der Waals surface area contributed by atoms with Crippen molar-refractivity contribution in [2.45, 2.75) is 26.3 Å². The van der Waals surface area contributed by atoms with Gasteiger partial charge in [0.2, 0.25) is 0 Å². The SMILES string of the molecule is Cc1cccc2c(CC(C)N)nn(C)c12. The highest BCUT2D eigenvalue weighted by atomic mass is 15.3. The maximum Gasteiger partial charge on any atom is 0.0718 e. The topological polar surface area (TPSA) is 43.8 Å². The number of benzene rings is 1. The number of hydrogen-bond acceptors (Lipinski definition) is 2. The molecule has 0 radical (unpaired) electrons. The second-order valence-corrected chi connectivity index (χ2v) is 4.22. The Morgan fingerprint density at radius 1 is 1.47 bits per heavy atom. The van der Waals surface area contributed by atoms with Gasteiger partial charge in [0.1, 0.15) is 0 Å². The predicted molar refractivity (Wildman–Crippen MR) is 62.8 cm³/mol. The first kappa shape index (κ1) is 10.2. The minimum Gasteiger partial charge on any atom is -0.328 e. The Morgan fingerprint density at radius 2 is 2.20 bits per heavy atom. The highest BCUT2D eigenvalue weighted by molar-refractivity contribution is 5.84. The highest BCUT2D eigenvalue weighted by Gasteiger charge is 2.10. The molecule has 1 unspecified atom stereocenters. The fraction of sp³-hybridized carbons (Fsp3) is 0.417. The van der Waals surface area contributed by atoms with Gasteiger partial charge in [-0.3, -0.25) is 4.68 Å². The van der Waals surface area contributed by atoms with E-state index in [0.717, 1.165) is 12.1 Å². The molecular weight excluding hydrogens is 186 g/mol. The molecule has 0 spiro atoms. The molecule has 0 fully saturated rings. The smallest absolute Gasteiger partial charge is 0.0718 e. The number of aromatic nitrogens is 2.